The summed E-state index contributed by atoms with van der Waals surface area (Å²) in [5.74, 6) is 0. The molecule has 0 aliphatic heterocycles. The quantitative estimate of drug-likeness (QED) is 0.195. The zero-order valence-corrected chi connectivity index (χ0v) is 26.2. The van der Waals surface area contributed by atoms with Crippen LogP contribution in [0, 0.1) is 0 Å². The zero-order chi connectivity index (χ0) is 30.9. The lowest BCUT2D eigenvalue weighted by atomic mass is 9.97. The van der Waals surface area contributed by atoms with Crippen LogP contribution in [0.25, 0.3) is 74.8 Å². The van der Waals surface area contributed by atoms with Gasteiger partial charge in [0.15, 0.2) is 0 Å². The lowest BCUT2D eigenvalue weighted by molar-refractivity contribution is 0.672. The van der Waals surface area contributed by atoms with Crippen molar-refractivity contribution in [2.45, 2.75) is 0 Å². The molecule has 2 aromatic heterocycles. The number of rotatable bonds is 4. The Morgan fingerprint density at radius 1 is 0.447 bits per heavy atom. The van der Waals surface area contributed by atoms with Crippen LogP contribution in [0.3, 0.4) is 0 Å². The molecule has 0 spiro atoms. The molecular formula is C44H27NOS. The molecule has 2 nitrogen and oxygen atoms in total. The molecule has 0 saturated heterocycles. The van der Waals surface area contributed by atoms with Crippen LogP contribution in [0.15, 0.2) is 168 Å². The summed E-state index contributed by atoms with van der Waals surface area (Å²) in [7, 11) is 0. The van der Waals surface area contributed by atoms with Crippen LogP contribution in [0.1, 0.15) is 0 Å². The molecule has 0 amide bonds. The van der Waals surface area contributed by atoms with Crippen molar-refractivity contribution >= 4 is 92.1 Å². The van der Waals surface area contributed by atoms with Crippen molar-refractivity contribution in [1.82, 2.24) is 0 Å². The van der Waals surface area contributed by atoms with Gasteiger partial charge in [0.1, 0.15) is 11.2 Å². The van der Waals surface area contributed by atoms with Gasteiger partial charge in [0, 0.05) is 42.3 Å². The monoisotopic (exact) mass is 617 g/mol. The summed E-state index contributed by atoms with van der Waals surface area (Å²) in [6.45, 7) is 0. The van der Waals surface area contributed by atoms with Crippen molar-refractivity contribution in [3.8, 4) is 11.1 Å². The molecule has 0 atom stereocenters. The van der Waals surface area contributed by atoms with E-state index in [-0.39, 0.29) is 0 Å². The Bertz CT molecular complexity index is 2820. The average molecular weight is 618 g/mol. The standard InChI is InChI=1S/C44H27NOS/c1-3-15-33-28(10-1)12-8-18-34(33)30-13-7-14-31(26-30)45(32-23-25-37-36-17-5-6-21-41(36)47-42(37)27-32)39-19-9-20-40-43(39)38-24-22-29-11-2-4-16-35(29)44(38)46-40/h1-27H. The van der Waals surface area contributed by atoms with E-state index in [1.807, 2.05) is 11.3 Å². The maximum absolute atomic E-state index is 6.66. The Morgan fingerprint density at radius 2 is 1.13 bits per heavy atom. The van der Waals surface area contributed by atoms with E-state index in [1.54, 1.807) is 0 Å². The van der Waals surface area contributed by atoms with E-state index in [1.165, 1.54) is 47.5 Å². The summed E-state index contributed by atoms with van der Waals surface area (Å²) in [5, 5.41) is 9.62. The second-order valence-electron chi connectivity index (χ2n) is 12.1. The molecule has 8 aromatic carbocycles. The van der Waals surface area contributed by atoms with Crippen molar-refractivity contribution in [2.75, 3.05) is 4.90 Å². The number of benzene rings is 8. The van der Waals surface area contributed by atoms with Gasteiger partial charge in [-0.15, -0.1) is 11.3 Å². The maximum atomic E-state index is 6.66. The summed E-state index contributed by atoms with van der Waals surface area (Å²) in [4.78, 5) is 2.41. The fraction of sp³-hybridized carbons (Fsp3) is 0. The van der Waals surface area contributed by atoms with E-state index in [0.29, 0.717) is 0 Å². The molecule has 0 saturated carbocycles. The van der Waals surface area contributed by atoms with E-state index in [9.17, 15) is 0 Å². The Hall–Kier alpha value is -5.90. The largest absolute Gasteiger partial charge is 0.455 e. The molecule has 10 rings (SSSR count). The van der Waals surface area contributed by atoms with Crippen molar-refractivity contribution in [2.24, 2.45) is 0 Å². The van der Waals surface area contributed by atoms with Gasteiger partial charge < -0.3 is 9.32 Å². The predicted octanol–water partition coefficient (Wildman–Crippen LogP) is 13.4. The van der Waals surface area contributed by atoms with Crippen LogP contribution in [-0.4, -0.2) is 0 Å². The third kappa shape index (κ3) is 4.10. The number of anilines is 3. The first-order valence-electron chi connectivity index (χ1n) is 15.9. The predicted molar refractivity (Wildman–Crippen MR) is 202 cm³/mol. The maximum Gasteiger partial charge on any atom is 0.143 e. The number of thiophene rings is 1. The minimum Gasteiger partial charge on any atom is -0.455 e. The molecule has 3 heteroatoms. The van der Waals surface area contributed by atoms with Crippen molar-refractivity contribution in [3.05, 3.63) is 164 Å². The number of hydrogen-bond acceptors (Lipinski definition) is 3. The molecule has 0 fully saturated rings. The van der Waals surface area contributed by atoms with E-state index < -0.39 is 0 Å². The molecular weight excluding hydrogens is 591 g/mol. The highest BCUT2D eigenvalue weighted by Crippen LogP contribution is 2.46. The number of furan rings is 1. The second kappa shape index (κ2) is 10.3. The Balaban J connectivity index is 1.25. The Kier molecular flexibility index (Phi) is 5.78. The highest BCUT2D eigenvalue weighted by molar-refractivity contribution is 7.25. The van der Waals surface area contributed by atoms with Crippen molar-refractivity contribution < 1.29 is 4.42 Å². The molecule has 47 heavy (non-hydrogen) atoms. The van der Waals surface area contributed by atoms with Gasteiger partial charge in [0.25, 0.3) is 0 Å². The number of fused-ring (bicyclic) bond motifs is 9. The number of hydrogen-bond donors (Lipinski definition) is 0. The van der Waals surface area contributed by atoms with Crippen molar-refractivity contribution in [1.29, 1.82) is 0 Å². The first-order valence-corrected chi connectivity index (χ1v) is 16.7. The van der Waals surface area contributed by atoms with Crippen LogP contribution < -0.4 is 4.90 Å². The smallest absolute Gasteiger partial charge is 0.143 e. The van der Waals surface area contributed by atoms with Crippen LogP contribution in [0.4, 0.5) is 17.1 Å². The van der Waals surface area contributed by atoms with Gasteiger partial charge in [-0.1, -0.05) is 115 Å². The molecule has 0 aliphatic rings. The first-order chi connectivity index (χ1) is 23.3. The van der Waals surface area contributed by atoms with Crippen LogP contribution >= 0.6 is 11.3 Å². The molecule has 0 aliphatic carbocycles. The fourth-order valence-corrected chi connectivity index (χ4v) is 8.43. The van der Waals surface area contributed by atoms with Gasteiger partial charge in [-0.2, -0.15) is 0 Å². The van der Waals surface area contributed by atoms with Gasteiger partial charge >= 0.3 is 0 Å². The van der Waals surface area contributed by atoms with Gasteiger partial charge in [-0.25, -0.2) is 0 Å². The van der Waals surface area contributed by atoms with E-state index >= 15 is 0 Å². The van der Waals surface area contributed by atoms with Crippen LogP contribution in [0.5, 0.6) is 0 Å². The van der Waals surface area contributed by atoms with E-state index in [0.717, 1.165) is 44.4 Å². The zero-order valence-electron chi connectivity index (χ0n) is 25.4. The molecule has 0 bridgehead atoms. The molecule has 10 aromatic rings. The first kappa shape index (κ1) is 26.3. The molecule has 0 unspecified atom stereocenters. The lowest BCUT2D eigenvalue weighted by Gasteiger charge is -2.27. The second-order valence-corrected chi connectivity index (χ2v) is 13.2. The van der Waals surface area contributed by atoms with E-state index in [2.05, 4.69) is 169 Å². The summed E-state index contributed by atoms with van der Waals surface area (Å²) in [5.41, 5.74) is 7.51. The van der Waals surface area contributed by atoms with Crippen molar-refractivity contribution in [3.63, 3.8) is 0 Å². The van der Waals surface area contributed by atoms with Crippen LogP contribution in [-0.2, 0) is 0 Å². The van der Waals surface area contributed by atoms with Gasteiger partial charge in [-0.05, 0) is 75.8 Å². The van der Waals surface area contributed by atoms with E-state index in [4.69, 9.17) is 4.42 Å². The lowest BCUT2D eigenvalue weighted by Crippen LogP contribution is -2.10. The topological polar surface area (TPSA) is 16.4 Å². The normalized spacial score (nSPS) is 11.8. The summed E-state index contributed by atoms with van der Waals surface area (Å²) >= 11 is 1.85. The molecule has 0 radical (unpaired) electrons. The summed E-state index contributed by atoms with van der Waals surface area (Å²) in [6, 6.07) is 59.0. The summed E-state index contributed by atoms with van der Waals surface area (Å²) in [6.07, 6.45) is 0. The minimum absolute atomic E-state index is 0.881. The molecule has 0 N–H and O–H groups in total. The fourth-order valence-electron chi connectivity index (χ4n) is 7.29. The molecule has 2 heterocycles. The SMILES string of the molecule is c1cc(-c2cccc3ccccc23)cc(N(c2ccc3c(c2)sc2ccccc23)c2cccc3oc4c5ccccc5ccc4c23)c1. The third-order valence-corrected chi connectivity index (χ3v) is 10.6. The highest BCUT2D eigenvalue weighted by atomic mass is 32.1. The Morgan fingerprint density at radius 3 is 2.04 bits per heavy atom. The number of nitrogens with zero attached hydrogens (tertiary/aromatic N) is 1. The van der Waals surface area contributed by atoms with Gasteiger partial charge in [-0.3, -0.25) is 0 Å². The Labute approximate surface area is 275 Å². The van der Waals surface area contributed by atoms with Gasteiger partial charge in [0.05, 0.1) is 11.1 Å². The third-order valence-electron chi connectivity index (χ3n) is 9.43. The van der Waals surface area contributed by atoms with Crippen LogP contribution in [0.2, 0.25) is 0 Å². The molecule has 220 valence electrons. The highest BCUT2D eigenvalue weighted by Gasteiger charge is 2.21. The average Bonchev–Trinajstić information content (AvgIpc) is 3.70. The minimum atomic E-state index is 0.881. The van der Waals surface area contributed by atoms with Gasteiger partial charge in [0.2, 0.25) is 0 Å². The summed E-state index contributed by atoms with van der Waals surface area (Å²) < 4.78 is 9.23.